The van der Waals surface area contributed by atoms with Gasteiger partial charge in [-0.2, -0.15) is 0 Å². The second kappa shape index (κ2) is 38.5. The number of Topliss-reactive ketones (excluding diaryl/α,β-unsaturated/α-hetero) is 2. The standard InChI is InChI=1S/C63H97Br2N3O31P2/c1-40(69)32-44(71)86-24-26-89-52(77)59(7,36-62(10,64)55(80)91-28-30-97-100(82,83)95-22-18-66(12)13)34-57(3,4)50(75)93-38-61(9,54(79)88-21-20-68-48(73)46-42-16-17-43(99-42)47(46)49(68)74)39-94-51(76)58(5,6)35-60(8,53(78)90-27-25-87-45(72)33-41(2)70)37-63(11,65)56(81)92-29-31-98-101(84,85)96-23-19-67(14)15/h16-17,42-43,46-47H,18-39H2,1-15H3,(H,82,83)(H,84,85). The molecule has 10 atom stereocenters. The number of amides is 2. The number of likely N-dealkylation sites (N-methyl/N-ethyl adjacent to an activating group) is 2. The number of fused-ring (bicyclic) bond motifs is 5. The van der Waals surface area contributed by atoms with Gasteiger partial charge in [0.15, 0.2) is 0 Å². The van der Waals surface area contributed by atoms with Crippen molar-refractivity contribution in [1.29, 1.82) is 0 Å². The molecule has 0 aromatic carbocycles. The fraction of sp³-hybridized carbons (Fsp3) is 0.762. The van der Waals surface area contributed by atoms with Crippen LogP contribution in [0.25, 0.3) is 0 Å². The Balaban J connectivity index is 1.97. The molecule has 38 heteroatoms. The summed E-state index contributed by atoms with van der Waals surface area (Å²) in [5.41, 5.74) is -9.56. The average molecular weight is 1610 g/mol. The number of hydrogen-bond acceptors (Lipinski definition) is 31. The van der Waals surface area contributed by atoms with Crippen molar-refractivity contribution >= 4 is 125 Å². The maximum Gasteiger partial charge on any atom is 0.472 e. The van der Waals surface area contributed by atoms with Crippen molar-refractivity contribution in [2.75, 3.05) is 134 Å². The molecule has 0 spiro atoms. The van der Waals surface area contributed by atoms with Crippen molar-refractivity contribution in [1.82, 2.24) is 14.7 Å². The van der Waals surface area contributed by atoms with E-state index >= 15 is 0 Å². The van der Waals surface area contributed by atoms with E-state index in [9.17, 15) is 81.2 Å². The molecule has 574 valence electrons. The van der Waals surface area contributed by atoms with E-state index in [0.29, 0.717) is 0 Å². The van der Waals surface area contributed by atoms with Gasteiger partial charge in [0.2, 0.25) is 11.8 Å². The Bertz CT molecular complexity index is 2950. The largest absolute Gasteiger partial charge is 0.472 e. The maximum atomic E-state index is 14.6. The van der Waals surface area contributed by atoms with Crippen LogP contribution in [0.1, 0.15) is 115 Å². The highest BCUT2D eigenvalue weighted by molar-refractivity contribution is 9.10. The number of imide groups is 1. The first-order valence-electron chi connectivity index (χ1n) is 32.1. The van der Waals surface area contributed by atoms with Crippen molar-refractivity contribution < 1.29 is 147 Å². The van der Waals surface area contributed by atoms with Crippen molar-refractivity contribution in [3.05, 3.63) is 12.2 Å². The van der Waals surface area contributed by atoms with E-state index in [0.717, 1.165) is 18.7 Å². The highest BCUT2D eigenvalue weighted by Crippen LogP contribution is 2.49. The number of halogens is 2. The first-order valence-corrected chi connectivity index (χ1v) is 36.6. The number of carbonyl (C=O) groups excluding carboxylic acids is 13. The molecule has 101 heavy (non-hydrogen) atoms. The van der Waals surface area contributed by atoms with Crippen molar-refractivity contribution in [2.24, 2.45) is 38.9 Å². The van der Waals surface area contributed by atoms with Crippen molar-refractivity contribution in [3.8, 4) is 0 Å². The van der Waals surface area contributed by atoms with E-state index in [1.807, 2.05) is 0 Å². The molecule has 2 bridgehead atoms. The molecular formula is C63H97Br2N3O31P2. The van der Waals surface area contributed by atoms with Gasteiger partial charge in [-0.25, -0.2) is 9.13 Å². The summed E-state index contributed by atoms with van der Waals surface area (Å²) in [7, 11) is -2.30. The van der Waals surface area contributed by atoms with E-state index in [2.05, 4.69) is 31.9 Å². The summed E-state index contributed by atoms with van der Waals surface area (Å²) < 4.78 is 95.7. The number of ether oxygens (including phenoxy) is 10. The summed E-state index contributed by atoms with van der Waals surface area (Å²) in [5, 5.41) is 0. The van der Waals surface area contributed by atoms with Gasteiger partial charge in [-0.1, -0.05) is 44.0 Å². The Kier molecular flexibility index (Phi) is 34.2. The van der Waals surface area contributed by atoms with Crippen LogP contribution in [0, 0.1) is 38.9 Å². The molecule has 2 N–H and O–H groups in total. The van der Waals surface area contributed by atoms with Gasteiger partial charge < -0.3 is 67.0 Å². The van der Waals surface area contributed by atoms with Crippen LogP contribution in [0.3, 0.4) is 0 Å². The summed E-state index contributed by atoms with van der Waals surface area (Å²) in [6, 6.07) is 0. The summed E-state index contributed by atoms with van der Waals surface area (Å²) in [5.74, 6) is -13.0. The molecule has 2 saturated heterocycles. The normalized spacial score (nSPS) is 20.7. The molecular weight excluding hydrogens is 1520 g/mol. The number of phosphoric ester groups is 2. The van der Waals surface area contributed by atoms with Crippen LogP contribution >= 0.6 is 47.5 Å². The fourth-order valence-electron chi connectivity index (χ4n) is 11.2. The van der Waals surface area contributed by atoms with Gasteiger partial charge >= 0.3 is 69.4 Å². The van der Waals surface area contributed by atoms with Gasteiger partial charge in [0.05, 0.1) is 78.7 Å². The summed E-state index contributed by atoms with van der Waals surface area (Å²) in [6.45, 7) is 7.02. The molecule has 2 fully saturated rings. The molecule has 10 unspecified atom stereocenters. The minimum atomic E-state index is -4.57. The lowest BCUT2D eigenvalue weighted by Crippen LogP contribution is -2.47. The number of nitrogens with zero attached hydrogens (tertiary/aromatic N) is 3. The van der Waals surface area contributed by atoms with Crippen LogP contribution in [-0.2, 0) is 137 Å². The third-order valence-corrected chi connectivity index (χ3v) is 19.1. The van der Waals surface area contributed by atoms with Crippen LogP contribution in [0.4, 0.5) is 0 Å². The summed E-state index contributed by atoms with van der Waals surface area (Å²) in [4.78, 5) is 198. The molecule has 3 rings (SSSR count). The van der Waals surface area contributed by atoms with Crippen LogP contribution in [-0.4, -0.2) is 256 Å². The topological polar surface area (TPSA) is 435 Å². The number of alkyl halides is 2. The van der Waals surface area contributed by atoms with Gasteiger partial charge in [-0.15, -0.1) is 0 Å². The summed E-state index contributed by atoms with van der Waals surface area (Å²) >= 11 is 6.65. The van der Waals surface area contributed by atoms with E-state index in [4.69, 9.17) is 65.5 Å². The lowest BCUT2D eigenvalue weighted by molar-refractivity contribution is -0.179. The molecule has 0 radical (unpaired) electrons. The van der Waals surface area contributed by atoms with Gasteiger partial charge in [0.25, 0.3) is 0 Å². The SMILES string of the molecule is CC(=O)CC(=O)OCCOC(=O)C(C)(CC(C)(C)C(=O)OCC(C)(COC(=O)C(C)(C)CC(C)(CC(C)(Br)C(=O)OCCOP(=O)(O)OCCN(C)C)C(=O)OCCOC(=O)CC(C)=O)C(=O)OCCN1C(=O)C2C3C=CC(O3)C2C1=O)CC(C)(Br)C(=O)OCCOP(=O)(O)OCCN(C)C. The Morgan fingerprint density at radius 1 is 0.446 bits per heavy atom. The lowest BCUT2D eigenvalue weighted by atomic mass is 9.69. The smallest absolute Gasteiger partial charge is 0.464 e. The second-order valence-electron chi connectivity index (χ2n) is 27.8. The highest BCUT2D eigenvalue weighted by atomic mass is 79.9. The van der Waals surface area contributed by atoms with E-state index in [1.54, 1.807) is 50.1 Å². The van der Waals surface area contributed by atoms with Crippen molar-refractivity contribution in [2.45, 2.75) is 136 Å². The lowest BCUT2D eigenvalue weighted by Gasteiger charge is -2.38. The quantitative estimate of drug-likeness (QED) is 0.0126. The molecule has 2 amide bonds. The molecule has 0 aliphatic carbocycles. The second-order valence-corrected chi connectivity index (χ2v) is 34.2. The van der Waals surface area contributed by atoms with Gasteiger partial charge in [-0.3, -0.25) is 85.3 Å². The fourth-order valence-corrected chi connectivity index (χ4v) is 14.0. The Labute approximate surface area is 603 Å². The van der Waals surface area contributed by atoms with Crippen molar-refractivity contribution in [3.63, 3.8) is 0 Å². The first kappa shape index (κ1) is 89.7. The number of ketones is 2. The first-order chi connectivity index (χ1) is 46.4. The van der Waals surface area contributed by atoms with Crippen LogP contribution in [0.5, 0.6) is 0 Å². The molecule has 3 aliphatic heterocycles. The molecule has 0 aromatic heterocycles. The predicted molar refractivity (Wildman–Crippen MR) is 356 cm³/mol. The van der Waals surface area contributed by atoms with Gasteiger partial charge in [0, 0.05) is 13.1 Å². The van der Waals surface area contributed by atoms with E-state index in [-0.39, 0.29) is 26.3 Å². The molecule has 0 saturated carbocycles. The summed E-state index contributed by atoms with van der Waals surface area (Å²) in [6.07, 6.45) is -1.09. The Morgan fingerprint density at radius 3 is 1.10 bits per heavy atom. The predicted octanol–water partition coefficient (Wildman–Crippen LogP) is 4.10. The zero-order valence-electron chi connectivity index (χ0n) is 59.7. The number of rotatable bonds is 48. The minimum absolute atomic E-state index is 0.163. The van der Waals surface area contributed by atoms with Gasteiger partial charge in [-0.05, 0) is 130 Å². The molecule has 3 aliphatic rings. The third kappa shape index (κ3) is 28.8. The van der Waals surface area contributed by atoms with Crippen LogP contribution in [0.15, 0.2) is 12.2 Å². The average Bonchev–Trinajstić information content (AvgIpc) is 1.58. The van der Waals surface area contributed by atoms with E-state index in [1.165, 1.54) is 62.3 Å². The maximum absolute atomic E-state index is 14.6. The highest BCUT2D eigenvalue weighted by Gasteiger charge is 2.61. The molecule has 34 nitrogen and oxygen atoms in total. The molecule has 3 heterocycles. The minimum Gasteiger partial charge on any atom is -0.464 e. The zero-order valence-corrected chi connectivity index (χ0v) is 64.7. The number of hydrogen-bond donors (Lipinski definition) is 2. The van der Waals surface area contributed by atoms with Gasteiger partial charge in [0.1, 0.15) is 97.9 Å². The number of likely N-dealkylation sites (tertiary alicyclic amines) is 1. The zero-order chi connectivity index (χ0) is 76.9. The number of carbonyl (C=O) groups is 13. The molecule has 0 aromatic rings. The number of phosphoric acid groups is 2. The van der Waals surface area contributed by atoms with Crippen LogP contribution in [0.2, 0.25) is 0 Å². The Morgan fingerprint density at radius 2 is 0.752 bits per heavy atom. The third-order valence-electron chi connectivity index (χ3n) is 15.8. The monoisotopic (exact) mass is 1610 g/mol. The van der Waals surface area contributed by atoms with E-state index < -0.39 is 270 Å². The van der Waals surface area contributed by atoms with Crippen LogP contribution < -0.4 is 0 Å². The Hall–Kier alpha value is -5.49. The number of esters is 9.